The van der Waals surface area contributed by atoms with E-state index in [2.05, 4.69) is 5.32 Å². The SMILES string of the molecule is Cc1cc(C)c(NC(=O)COC(=O)c2cccc(Oc3ccccc3)c2)c(C)c1. The van der Waals surface area contributed by atoms with Crippen molar-refractivity contribution in [3.63, 3.8) is 0 Å². The van der Waals surface area contributed by atoms with E-state index in [4.69, 9.17) is 9.47 Å². The van der Waals surface area contributed by atoms with Crippen molar-refractivity contribution in [3.05, 3.63) is 89.0 Å². The van der Waals surface area contributed by atoms with Crippen molar-refractivity contribution in [2.75, 3.05) is 11.9 Å². The number of anilines is 1. The summed E-state index contributed by atoms with van der Waals surface area (Å²) < 4.78 is 10.9. The fourth-order valence-electron chi connectivity index (χ4n) is 3.08. The van der Waals surface area contributed by atoms with Crippen LogP contribution in [0, 0.1) is 20.8 Å². The molecule has 1 N–H and O–H groups in total. The summed E-state index contributed by atoms with van der Waals surface area (Å²) >= 11 is 0. The molecule has 0 aromatic heterocycles. The predicted octanol–water partition coefficient (Wildman–Crippen LogP) is 5.20. The molecule has 29 heavy (non-hydrogen) atoms. The van der Waals surface area contributed by atoms with Crippen LogP contribution in [0.25, 0.3) is 0 Å². The number of aryl methyl sites for hydroxylation is 3. The first-order valence-electron chi connectivity index (χ1n) is 9.30. The van der Waals surface area contributed by atoms with Crippen molar-refractivity contribution in [2.24, 2.45) is 0 Å². The van der Waals surface area contributed by atoms with Gasteiger partial charge in [0.05, 0.1) is 5.56 Å². The lowest BCUT2D eigenvalue weighted by Gasteiger charge is -2.13. The van der Waals surface area contributed by atoms with Crippen molar-refractivity contribution >= 4 is 17.6 Å². The highest BCUT2D eigenvalue weighted by Crippen LogP contribution is 2.23. The highest BCUT2D eigenvalue weighted by molar-refractivity contribution is 5.96. The monoisotopic (exact) mass is 389 g/mol. The number of hydrogen-bond acceptors (Lipinski definition) is 4. The normalized spacial score (nSPS) is 10.3. The number of para-hydroxylation sites is 1. The summed E-state index contributed by atoms with van der Waals surface area (Å²) in [5.74, 6) is 0.211. The van der Waals surface area contributed by atoms with Crippen LogP contribution in [-0.4, -0.2) is 18.5 Å². The lowest BCUT2D eigenvalue weighted by Crippen LogP contribution is -2.22. The Hall–Kier alpha value is -3.60. The summed E-state index contributed by atoms with van der Waals surface area (Å²) in [5.41, 5.74) is 4.12. The Morgan fingerprint density at radius 1 is 0.828 bits per heavy atom. The van der Waals surface area contributed by atoms with Crippen molar-refractivity contribution in [3.8, 4) is 11.5 Å². The highest BCUT2D eigenvalue weighted by atomic mass is 16.5. The first kappa shape index (κ1) is 20.1. The zero-order valence-electron chi connectivity index (χ0n) is 16.7. The summed E-state index contributed by atoms with van der Waals surface area (Å²) in [6, 6.07) is 19.9. The second kappa shape index (κ2) is 9.06. The van der Waals surface area contributed by atoms with Crippen LogP contribution in [0.4, 0.5) is 5.69 Å². The standard InChI is InChI=1S/C24H23NO4/c1-16-12-17(2)23(18(3)13-16)25-22(26)15-28-24(27)19-8-7-11-21(14-19)29-20-9-5-4-6-10-20/h4-14H,15H2,1-3H3,(H,25,26). The molecule has 0 saturated carbocycles. The average molecular weight is 389 g/mol. The van der Waals surface area contributed by atoms with Gasteiger partial charge < -0.3 is 14.8 Å². The Morgan fingerprint density at radius 2 is 1.48 bits per heavy atom. The number of amides is 1. The molecule has 3 aromatic rings. The van der Waals surface area contributed by atoms with Crippen LogP contribution in [0.15, 0.2) is 66.7 Å². The van der Waals surface area contributed by atoms with Gasteiger partial charge in [-0.1, -0.05) is 42.0 Å². The van der Waals surface area contributed by atoms with Gasteiger partial charge in [0.25, 0.3) is 5.91 Å². The highest BCUT2D eigenvalue weighted by Gasteiger charge is 2.13. The van der Waals surface area contributed by atoms with Crippen molar-refractivity contribution in [1.82, 2.24) is 0 Å². The van der Waals surface area contributed by atoms with Crippen LogP contribution in [0.2, 0.25) is 0 Å². The van der Waals surface area contributed by atoms with Crippen molar-refractivity contribution in [1.29, 1.82) is 0 Å². The quantitative estimate of drug-likeness (QED) is 0.589. The minimum Gasteiger partial charge on any atom is -0.457 e. The van der Waals surface area contributed by atoms with Crippen LogP contribution in [0.3, 0.4) is 0 Å². The average Bonchev–Trinajstić information content (AvgIpc) is 2.70. The zero-order valence-corrected chi connectivity index (χ0v) is 16.7. The lowest BCUT2D eigenvalue weighted by molar-refractivity contribution is -0.119. The zero-order chi connectivity index (χ0) is 20.8. The Balaban J connectivity index is 1.59. The number of carbonyl (C=O) groups is 2. The minimum atomic E-state index is -0.587. The van der Waals surface area contributed by atoms with E-state index in [9.17, 15) is 9.59 Å². The first-order valence-corrected chi connectivity index (χ1v) is 9.30. The van der Waals surface area contributed by atoms with Gasteiger partial charge >= 0.3 is 5.97 Å². The molecule has 0 saturated heterocycles. The van der Waals surface area contributed by atoms with E-state index in [0.717, 1.165) is 22.4 Å². The van der Waals surface area contributed by atoms with Gasteiger partial charge in [-0.2, -0.15) is 0 Å². The van der Waals surface area contributed by atoms with Crippen LogP contribution < -0.4 is 10.1 Å². The summed E-state index contributed by atoms with van der Waals surface area (Å²) in [6.07, 6.45) is 0. The molecule has 0 heterocycles. The maximum atomic E-state index is 12.3. The fraction of sp³-hybridized carbons (Fsp3) is 0.167. The van der Waals surface area contributed by atoms with Gasteiger partial charge in [-0.3, -0.25) is 4.79 Å². The van der Waals surface area contributed by atoms with E-state index in [-0.39, 0.29) is 12.5 Å². The van der Waals surface area contributed by atoms with Gasteiger partial charge in [0, 0.05) is 5.69 Å². The molecule has 5 heteroatoms. The Labute approximate surface area is 170 Å². The lowest BCUT2D eigenvalue weighted by atomic mass is 10.1. The molecule has 3 rings (SSSR count). The summed E-state index contributed by atoms with van der Waals surface area (Å²) in [4.78, 5) is 24.6. The molecule has 0 bridgehead atoms. The van der Waals surface area contributed by atoms with Gasteiger partial charge in [0.1, 0.15) is 11.5 Å². The molecule has 0 atom stereocenters. The molecule has 148 valence electrons. The Kier molecular flexibility index (Phi) is 6.29. The number of benzene rings is 3. The second-order valence-electron chi connectivity index (χ2n) is 6.84. The third-order valence-electron chi connectivity index (χ3n) is 4.32. The van der Waals surface area contributed by atoms with Crippen LogP contribution in [0.5, 0.6) is 11.5 Å². The molecule has 3 aromatic carbocycles. The molecule has 0 aliphatic rings. The molecule has 0 radical (unpaired) electrons. The molecule has 0 fully saturated rings. The number of hydrogen-bond donors (Lipinski definition) is 1. The smallest absolute Gasteiger partial charge is 0.338 e. The Morgan fingerprint density at radius 3 is 2.17 bits per heavy atom. The second-order valence-corrected chi connectivity index (χ2v) is 6.84. The van der Waals surface area contributed by atoms with Crippen molar-refractivity contribution in [2.45, 2.75) is 20.8 Å². The summed E-state index contributed by atoms with van der Waals surface area (Å²) in [6.45, 7) is 5.50. The van der Waals surface area contributed by atoms with Gasteiger partial charge in [0.15, 0.2) is 6.61 Å². The van der Waals surface area contributed by atoms with E-state index in [0.29, 0.717) is 17.1 Å². The van der Waals surface area contributed by atoms with E-state index in [1.807, 2.05) is 63.2 Å². The summed E-state index contributed by atoms with van der Waals surface area (Å²) in [5, 5.41) is 2.82. The van der Waals surface area contributed by atoms with E-state index in [1.54, 1.807) is 24.3 Å². The molecule has 0 aliphatic heterocycles. The maximum Gasteiger partial charge on any atom is 0.338 e. The number of ether oxygens (including phenoxy) is 2. The van der Waals surface area contributed by atoms with Crippen molar-refractivity contribution < 1.29 is 19.1 Å². The van der Waals surface area contributed by atoms with Crippen LogP contribution >= 0.6 is 0 Å². The van der Waals surface area contributed by atoms with Gasteiger partial charge in [-0.15, -0.1) is 0 Å². The van der Waals surface area contributed by atoms with Crippen LogP contribution in [0.1, 0.15) is 27.0 Å². The topological polar surface area (TPSA) is 64.6 Å². The third kappa shape index (κ3) is 5.45. The van der Waals surface area contributed by atoms with Gasteiger partial charge in [0.2, 0.25) is 0 Å². The summed E-state index contributed by atoms with van der Waals surface area (Å²) in [7, 11) is 0. The molecule has 0 aliphatic carbocycles. The molecule has 5 nitrogen and oxygen atoms in total. The molecule has 0 spiro atoms. The third-order valence-corrected chi connectivity index (χ3v) is 4.32. The number of carbonyl (C=O) groups excluding carboxylic acids is 2. The molecular weight excluding hydrogens is 366 g/mol. The van der Waals surface area contributed by atoms with E-state index in [1.165, 1.54) is 0 Å². The fourth-order valence-corrected chi connectivity index (χ4v) is 3.08. The van der Waals surface area contributed by atoms with E-state index >= 15 is 0 Å². The largest absolute Gasteiger partial charge is 0.457 e. The number of esters is 1. The molecule has 0 unspecified atom stereocenters. The number of nitrogens with one attached hydrogen (secondary N) is 1. The van der Waals surface area contributed by atoms with E-state index < -0.39 is 5.97 Å². The minimum absolute atomic E-state index is 0.314. The van der Waals surface area contributed by atoms with Crippen LogP contribution in [-0.2, 0) is 9.53 Å². The predicted molar refractivity (Wildman–Crippen MR) is 113 cm³/mol. The van der Waals surface area contributed by atoms with Gasteiger partial charge in [-0.05, 0) is 62.2 Å². The van der Waals surface area contributed by atoms with Gasteiger partial charge in [-0.25, -0.2) is 4.79 Å². The Bertz CT molecular complexity index is 1010. The maximum absolute atomic E-state index is 12.3. The molecular formula is C24H23NO4. The first-order chi connectivity index (χ1) is 13.9. The number of rotatable bonds is 6. The molecule has 1 amide bonds.